The van der Waals surface area contributed by atoms with Crippen LogP contribution in [0.1, 0.15) is 11.1 Å². The summed E-state index contributed by atoms with van der Waals surface area (Å²) < 4.78 is 15.9. The summed E-state index contributed by atoms with van der Waals surface area (Å²) in [7, 11) is 0. The lowest BCUT2D eigenvalue weighted by atomic mass is 10.1. The van der Waals surface area contributed by atoms with E-state index in [1.807, 2.05) is 0 Å². The standard InChI is InChI=1S/C15H24O4/c1-14-2-4-15(5-3-14)6-8-17-10-12-19-13-11-18-9-7-16/h2-5,16H,6-13H2,1H3. The van der Waals surface area contributed by atoms with E-state index in [-0.39, 0.29) is 6.61 Å². The molecule has 0 fully saturated rings. The molecular weight excluding hydrogens is 244 g/mol. The Morgan fingerprint density at radius 3 is 1.89 bits per heavy atom. The normalized spacial score (nSPS) is 10.8. The van der Waals surface area contributed by atoms with Gasteiger partial charge in [0.15, 0.2) is 0 Å². The SMILES string of the molecule is Cc1ccc(CCOCCOCCOCCO)cc1. The molecule has 0 atom stereocenters. The van der Waals surface area contributed by atoms with Gasteiger partial charge in [-0.3, -0.25) is 0 Å². The molecular formula is C15H24O4. The highest BCUT2D eigenvalue weighted by Gasteiger charge is 1.94. The van der Waals surface area contributed by atoms with E-state index in [4.69, 9.17) is 19.3 Å². The molecule has 0 aliphatic carbocycles. The predicted octanol–water partition coefficient (Wildman–Crippen LogP) is 1.58. The zero-order chi connectivity index (χ0) is 13.8. The molecule has 1 aromatic rings. The number of aryl methyl sites for hydroxylation is 1. The molecule has 0 amide bonds. The summed E-state index contributed by atoms with van der Waals surface area (Å²) in [6, 6.07) is 8.50. The van der Waals surface area contributed by atoms with Gasteiger partial charge in [-0.25, -0.2) is 0 Å². The van der Waals surface area contributed by atoms with E-state index in [0.29, 0.717) is 39.6 Å². The highest BCUT2D eigenvalue weighted by molar-refractivity contribution is 5.21. The average Bonchev–Trinajstić information content (AvgIpc) is 2.43. The molecule has 0 unspecified atom stereocenters. The third-order valence-electron chi connectivity index (χ3n) is 2.64. The number of rotatable bonds is 11. The Hall–Kier alpha value is -0.940. The Labute approximate surface area is 115 Å². The van der Waals surface area contributed by atoms with Gasteiger partial charge in [-0.1, -0.05) is 29.8 Å². The molecule has 4 heteroatoms. The van der Waals surface area contributed by atoms with Gasteiger partial charge < -0.3 is 19.3 Å². The fraction of sp³-hybridized carbons (Fsp3) is 0.600. The lowest BCUT2D eigenvalue weighted by molar-refractivity contribution is 0.00817. The van der Waals surface area contributed by atoms with E-state index in [9.17, 15) is 0 Å². The van der Waals surface area contributed by atoms with Crippen LogP contribution in [0.3, 0.4) is 0 Å². The summed E-state index contributed by atoms with van der Waals surface area (Å²) in [6.45, 7) is 5.47. The molecule has 0 aromatic heterocycles. The summed E-state index contributed by atoms with van der Waals surface area (Å²) in [5, 5.41) is 8.49. The van der Waals surface area contributed by atoms with Gasteiger partial charge in [0.1, 0.15) is 0 Å². The first kappa shape index (κ1) is 16.1. The molecule has 1 aromatic carbocycles. The summed E-state index contributed by atoms with van der Waals surface area (Å²) in [4.78, 5) is 0. The van der Waals surface area contributed by atoms with Crippen molar-refractivity contribution in [1.82, 2.24) is 0 Å². The van der Waals surface area contributed by atoms with E-state index in [1.54, 1.807) is 0 Å². The predicted molar refractivity (Wildman–Crippen MR) is 74.4 cm³/mol. The van der Waals surface area contributed by atoms with Gasteiger partial charge >= 0.3 is 0 Å². The minimum Gasteiger partial charge on any atom is -0.394 e. The van der Waals surface area contributed by atoms with E-state index in [0.717, 1.165) is 6.42 Å². The Morgan fingerprint density at radius 2 is 1.32 bits per heavy atom. The van der Waals surface area contributed by atoms with Crippen molar-refractivity contribution in [2.24, 2.45) is 0 Å². The Bertz CT molecular complexity index is 310. The Morgan fingerprint density at radius 1 is 0.789 bits per heavy atom. The second kappa shape index (κ2) is 10.9. The smallest absolute Gasteiger partial charge is 0.0701 e. The van der Waals surface area contributed by atoms with E-state index in [1.165, 1.54) is 11.1 Å². The molecule has 4 nitrogen and oxygen atoms in total. The van der Waals surface area contributed by atoms with Crippen LogP contribution in [0.5, 0.6) is 0 Å². The minimum atomic E-state index is 0.0577. The highest BCUT2D eigenvalue weighted by atomic mass is 16.5. The van der Waals surface area contributed by atoms with Crippen molar-refractivity contribution >= 4 is 0 Å². The van der Waals surface area contributed by atoms with Crippen LogP contribution in [0, 0.1) is 6.92 Å². The maximum Gasteiger partial charge on any atom is 0.0701 e. The largest absolute Gasteiger partial charge is 0.394 e. The van der Waals surface area contributed by atoms with Gasteiger partial charge in [0, 0.05) is 0 Å². The van der Waals surface area contributed by atoms with Crippen LogP contribution in [0.25, 0.3) is 0 Å². The van der Waals surface area contributed by atoms with Gasteiger partial charge in [0.25, 0.3) is 0 Å². The van der Waals surface area contributed by atoms with Crippen molar-refractivity contribution in [2.75, 3.05) is 46.2 Å². The van der Waals surface area contributed by atoms with Gasteiger partial charge in [0.05, 0.1) is 46.2 Å². The fourth-order valence-corrected chi connectivity index (χ4v) is 1.55. The fourth-order valence-electron chi connectivity index (χ4n) is 1.55. The zero-order valence-electron chi connectivity index (χ0n) is 11.6. The van der Waals surface area contributed by atoms with Crippen molar-refractivity contribution < 1.29 is 19.3 Å². The third-order valence-corrected chi connectivity index (χ3v) is 2.64. The van der Waals surface area contributed by atoms with Gasteiger partial charge in [-0.05, 0) is 18.9 Å². The van der Waals surface area contributed by atoms with Crippen molar-refractivity contribution in [3.8, 4) is 0 Å². The Balaban J connectivity index is 1.87. The molecule has 0 saturated heterocycles. The first-order valence-electron chi connectivity index (χ1n) is 6.72. The minimum absolute atomic E-state index is 0.0577. The molecule has 19 heavy (non-hydrogen) atoms. The van der Waals surface area contributed by atoms with E-state index in [2.05, 4.69) is 31.2 Å². The van der Waals surface area contributed by atoms with Crippen molar-refractivity contribution in [2.45, 2.75) is 13.3 Å². The van der Waals surface area contributed by atoms with Crippen LogP contribution in [0.4, 0.5) is 0 Å². The molecule has 0 heterocycles. The van der Waals surface area contributed by atoms with Crippen LogP contribution < -0.4 is 0 Å². The average molecular weight is 268 g/mol. The molecule has 1 rings (SSSR count). The second-order valence-electron chi connectivity index (χ2n) is 4.30. The zero-order valence-corrected chi connectivity index (χ0v) is 11.6. The monoisotopic (exact) mass is 268 g/mol. The highest BCUT2D eigenvalue weighted by Crippen LogP contribution is 2.03. The van der Waals surface area contributed by atoms with Crippen molar-refractivity contribution in [1.29, 1.82) is 0 Å². The van der Waals surface area contributed by atoms with Crippen LogP contribution in [0.15, 0.2) is 24.3 Å². The Kier molecular flexibility index (Phi) is 9.27. The summed E-state index contributed by atoms with van der Waals surface area (Å²) in [5.74, 6) is 0. The van der Waals surface area contributed by atoms with Crippen LogP contribution in [0.2, 0.25) is 0 Å². The first-order chi connectivity index (χ1) is 9.33. The van der Waals surface area contributed by atoms with E-state index < -0.39 is 0 Å². The topological polar surface area (TPSA) is 47.9 Å². The van der Waals surface area contributed by atoms with Crippen molar-refractivity contribution in [3.63, 3.8) is 0 Å². The number of hydrogen-bond acceptors (Lipinski definition) is 4. The molecule has 1 N–H and O–H groups in total. The van der Waals surface area contributed by atoms with Crippen LogP contribution in [-0.2, 0) is 20.6 Å². The number of hydrogen-bond donors (Lipinski definition) is 1. The molecule has 0 saturated carbocycles. The molecule has 108 valence electrons. The second-order valence-corrected chi connectivity index (χ2v) is 4.30. The number of ether oxygens (including phenoxy) is 3. The molecule has 0 spiro atoms. The quantitative estimate of drug-likeness (QED) is 0.619. The van der Waals surface area contributed by atoms with Gasteiger partial charge in [0.2, 0.25) is 0 Å². The first-order valence-corrected chi connectivity index (χ1v) is 6.72. The molecule has 0 radical (unpaired) electrons. The van der Waals surface area contributed by atoms with Crippen molar-refractivity contribution in [3.05, 3.63) is 35.4 Å². The maximum absolute atomic E-state index is 8.49. The van der Waals surface area contributed by atoms with Crippen LogP contribution >= 0.6 is 0 Å². The summed E-state index contributed by atoms with van der Waals surface area (Å²) >= 11 is 0. The lowest BCUT2D eigenvalue weighted by Crippen LogP contribution is -2.11. The molecule has 0 bridgehead atoms. The number of aliphatic hydroxyl groups is 1. The number of aliphatic hydroxyl groups excluding tert-OH is 1. The summed E-state index contributed by atoms with van der Waals surface area (Å²) in [6.07, 6.45) is 0.930. The molecule has 0 aliphatic rings. The summed E-state index contributed by atoms with van der Waals surface area (Å²) in [5.41, 5.74) is 2.57. The molecule has 0 aliphatic heterocycles. The van der Waals surface area contributed by atoms with E-state index >= 15 is 0 Å². The van der Waals surface area contributed by atoms with Gasteiger partial charge in [-0.2, -0.15) is 0 Å². The number of benzene rings is 1. The lowest BCUT2D eigenvalue weighted by Gasteiger charge is -2.06. The van der Waals surface area contributed by atoms with Gasteiger partial charge in [-0.15, -0.1) is 0 Å². The van der Waals surface area contributed by atoms with Crippen LogP contribution in [-0.4, -0.2) is 51.4 Å². The maximum atomic E-state index is 8.49. The third kappa shape index (κ3) is 8.72.